The number of carbonyl (C=O) groups is 1. The lowest BCUT2D eigenvalue weighted by molar-refractivity contribution is 0.0734. The van der Waals surface area contributed by atoms with Crippen molar-refractivity contribution in [1.82, 2.24) is 0 Å². The third-order valence-corrected chi connectivity index (χ3v) is 2.76. The van der Waals surface area contributed by atoms with Gasteiger partial charge in [-0.25, -0.2) is 4.79 Å². The minimum absolute atomic E-state index is 0.0675. The van der Waals surface area contributed by atoms with Crippen molar-refractivity contribution in [3.05, 3.63) is 57.7 Å². The number of aromatic hydroxyl groups is 1. The lowest BCUT2D eigenvalue weighted by Crippen LogP contribution is -2.08. The summed E-state index contributed by atoms with van der Waals surface area (Å²) in [5.41, 5.74) is 0.486. The first-order valence-electron chi connectivity index (χ1n) is 4.92. The highest BCUT2D eigenvalue weighted by Gasteiger charge is 2.08. The molecule has 0 aliphatic carbocycles. The molecule has 1 N–H and O–H groups in total. The number of phenolic OH excluding ortho intramolecular Hbond substituents is 1. The summed E-state index contributed by atoms with van der Waals surface area (Å²) in [6, 6.07) is 13.3. The van der Waals surface area contributed by atoms with Gasteiger partial charge in [0.05, 0.1) is 5.56 Å². The van der Waals surface area contributed by atoms with Crippen LogP contribution in [-0.2, 0) is 0 Å². The predicted octanol–water partition coefficient (Wildman–Crippen LogP) is 3.22. The lowest BCUT2D eigenvalue weighted by Gasteiger charge is -2.04. The molecular weight excluding hydrogens is 331 g/mol. The molecule has 4 heteroatoms. The highest BCUT2D eigenvalue weighted by molar-refractivity contribution is 14.1. The van der Waals surface area contributed by atoms with Crippen LogP contribution in [-0.4, -0.2) is 11.1 Å². The van der Waals surface area contributed by atoms with Crippen LogP contribution < -0.4 is 4.74 Å². The van der Waals surface area contributed by atoms with E-state index in [-0.39, 0.29) is 5.75 Å². The van der Waals surface area contributed by atoms with Gasteiger partial charge in [0.15, 0.2) is 0 Å². The molecule has 0 heterocycles. The van der Waals surface area contributed by atoms with Crippen LogP contribution in [0.5, 0.6) is 11.5 Å². The SMILES string of the molecule is O=C(Oc1cccc(O)c1)c1cccc(I)c1. The number of esters is 1. The summed E-state index contributed by atoms with van der Waals surface area (Å²) in [6.45, 7) is 0. The molecule has 0 aliphatic heterocycles. The fourth-order valence-electron chi connectivity index (χ4n) is 1.33. The second kappa shape index (κ2) is 5.18. The van der Waals surface area contributed by atoms with E-state index in [0.29, 0.717) is 11.3 Å². The summed E-state index contributed by atoms with van der Waals surface area (Å²) in [6.07, 6.45) is 0. The van der Waals surface area contributed by atoms with Crippen LogP contribution in [0, 0.1) is 3.57 Å². The molecule has 0 saturated heterocycles. The van der Waals surface area contributed by atoms with Crippen LogP contribution >= 0.6 is 22.6 Å². The van der Waals surface area contributed by atoms with Gasteiger partial charge in [-0.15, -0.1) is 0 Å². The Balaban J connectivity index is 2.17. The van der Waals surface area contributed by atoms with E-state index in [0.717, 1.165) is 3.57 Å². The zero-order valence-electron chi connectivity index (χ0n) is 8.76. The topological polar surface area (TPSA) is 46.5 Å². The van der Waals surface area contributed by atoms with Crippen molar-refractivity contribution in [3.63, 3.8) is 0 Å². The summed E-state index contributed by atoms with van der Waals surface area (Å²) in [7, 11) is 0. The molecule has 0 bridgehead atoms. The van der Waals surface area contributed by atoms with Crippen molar-refractivity contribution in [2.75, 3.05) is 0 Å². The highest BCUT2D eigenvalue weighted by Crippen LogP contribution is 2.19. The van der Waals surface area contributed by atoms with Crippen molar-refractivity contribution in [1.29, 1.82) is 0 Å². The van der Waals surface area contributed by atoms with Crippen LogP contribution in [0.15, 0.2) is 48.5 Å². The second-order valence-corrected chi connectivity index (χ2v) is 4.64. The first-order valence-corrected chi connectivity index (χ1v) is 6.00. The van der Waals surface area contributed by atoms with Crippen molar-refractivity contribution in [2.45, 2.75) is 0 Å². The molecule has 0 amide bonds. The van der Waals surface area contributed by atoms with Crippen molar-refractivity contribution < 1.29 is 14.6 Å². The van der Waals surface area contributed by atoms with Crippen molar-refractivity contribution in [3.8, 4) is 11.5 Å². The standard InChI is InChI=1S/C13H9IO3/c14-10-4-1-3-9(7-10)13(16)17-12-6-2-5-11(15)8-12/h1-8,15H. The average Bonchev–Trinajstić information content (AvgIpc) is 2.29. The molecule has 0 fully saturated rings. The Morgan fingerprint density at radius 1 is 1.12 bits per heavy atom. The molecule has 2 rings (SSSR count). The molecule has 2 aromatic rings. The maximum atomic E-state index is 11.8. The van der Waals surface area contributed by atoms with Gasteiger partial charge < -0.3 is 9.84 Å². The summed E-state index contributed by atoms with van der Waals surface area (Å²) in [5.74, 6) is -0.0408. The summed E-state index contributed by atoms with van der Waals surface area (Å²) in [5, 5.41) is 9.25. The number of benzene rings is 2. The van der Waals surface area contributed by atoms with Crippen molar-refractivity contribution in [2.24, 2.45) is 0 Å². The number of hydrogen-bond donors (Lipinski definition) is 1. The highest BCUT2D eigenvalue weighted by atomic mass is 127. The van der Waals surface area contributed by atoms with Gasteiger partial charge in [0.25, 0.3) is 0 Å². The summed E-state index contributed by atoms with van der Waals surface area (Å²) in [4.78, 5) is 11.8. The summed E-state index contributed by atoms with van der Waals surface area (Å²) < 4.78 is 6.10. The van der Waals surface area contributed by atoms with E-state index in [4.69, 9.17) is 4.74 Å². The Morgan fingerprint density at radius 3 is 2.59 bits per heavy atom. The predicted molar refractivity (Wildman–Crippen MR) is 72.2 cm³/mol. The molecular formula is C13H9IO3. The Morgan fingerprint density at radius 2 is 1.88 bits per heavy atom. The molecule has 0 atom stereocenters. The van der Waals surface area contributed by atoms with Gasteiger partial charge in [-0.05, 0) is 52.9 Å². The van der Waals surface area contributed by atoms with E-state index >= 15 is 0 Å². The quantitative estimate of drug-likeness (QED) is 0.519. The van der Waals surface area contributed by atoms with Gasteiger partial charge in [0.1, 0.15) is 11.5 Å². The third-order valence-electron chi connectivity index (χ3n) is 2.09. The molecule has 0 unspecified atom stereocenters. The van der Waals surface area contributed by atoms with Crippen LogP contribution in [0.2, 0.25) is 0 Å². The maximum absolute atomic E-state index is 11.8. The fourth-order valence-corrected chi connectivity index (χ4v) is 1.87. The first kappa shape index (κ1) is 11.9. The van der Waals surface area contributed by atoms with Gasteiger partial charge >= 0.3 is 5.97 Å². The Bertz CT molecular complexity index is 552. The van der Waals surface area contributed by atoms with E-state index in [1.54, 1.807) is 30.3 Å². The lowest BCUT2D eigenvalue weighted by atomic mass is 10.2. The van der Waals surface area contributed by atoms with E-state index in [1.165, 1.54) is 12.1 Å². The molecule has 2 aromatic carbocycles. The zero-order valence-corrected chi connectivity index (χ0v) is 10.9. The number of rotatable bonds is 2. The fraction of sp³-hybridized carbons (Fsp3) is 0. The van der Waals surface area contributed by atoms with E-state index in [2.05, 4.69) is 22.6 Å². The zero-order chi connectivity index (χ0) is 12.3. The van der Waals surface area contributed by atoms with Crippen LogP contribution in [0.3, 0.4) is 0 Å². The Kier molecular flexibility index (Phi) is 3.63. The molecule has 17 heavy (non-hydrogen) atoms. The number of phenols is 1. The molecule has 86 valence electrons. The molecule has 0 aliphatic rings. The maximum Gasteiger partial charge on any atom is 0.343 e. The van der Waals surface area contributed by atoms with Gasteiger partial charge in [-0.3, -0.25) is 0 Å². The molecule has 0 saturated carbocycles. The Labute approximate surface area is 112 Å². The van der Waals surface area contributed by atoms with Gasteiger partial charge in [-0.1, -0.05) is 12.1 Å². The monoisotopic (exact) mass is 340 g/mol. The minimum Gasteiger partial charge on any atom is -0.508 e. The number of hydrogen-bond acceptors (Lipinski definition) is 3. The number of carbonyl (C=O) groups excluding carboxylic acids is 1. The molecule has 0 aromatic heterocycles. The molecule has 0 radical (unpaired) electrons. The van der Waals surface area contributed by atoms with E-state index in [1.807, 2.05) is 6.07 Å². The summed E-state index contributed by atoms with van der Waals surface area (Å²) >= 11 is 2.13. The van der Waals surface area contributed by atoms with Crippen LogP contribution in [0.25, 0.3) is 0 Å². The normalized spacial score (nSPS) is 9.94. The van der Waals surface area contributed by atoms with E-state index in [9.17, 15) is 9.90 Å². The Hall–Kier alpha value is -1.56. The van der Waals surface area contributed by atoms with Crippen LogP contribution in [0.4, 0.5) is 0 Å². The number of ether oxygens (including phenoxy) is 1. The second-order valence-electron chi connectivity index (χ2n) is 3.40. The minimum atomic E-state index is -0.436. The smallest absolute Gasteiger partial charge is 0.343 e. The number of halogens is 1. The average molecular weight is 340 g/mol. The van der Waals surface area contributed by atoms with E-state index < -0.39 is 5.97 Å². The molecule has 0 spiro atoms. The van der Waals surface area contributed by atoms with Gasteiger partial charge in [-0.2, -0.15) is 0 Å². The van der Waals surface area contributed by atoms with Gasteiger partial charge in [0.2, 0.25) is 0 Å². The first-order chi connectivity index (χ1) is 8.15. The third kappa shape index (κ3) is 3.20. The van der Waals surface area contributed by atoms with Gasteiger partial charge in [0, 0.05) is 9.64 Å². The molecule has 3 nitrogen and oxygen atoms in total. The van der Waals surface area contributed by atoms with Crippen LogP contribution in [0.1, 0.15) is 10.4 Å². The largest absolute Gasteiger partial charge is 0.508 e. The van der Waals surface area contributed by atoms with Crippen molar-refractivity contribution >= 4 is 28.6 Å².